The lowest BCUT2D eigenvalue weighted by Gasteiger charge is -2.04. The maximum Gasteiger partial charge on any atom is 0.344 e. The van der Waals surface area contributed by atoms with E-state index in [-0.39, 0.29) is 6.61 Å². The third-order valence-electron chi connectivity index (χ3n) is 1.12. The van der Waals surface area contributed by atoms with Crippen LogP contribution in [0.5, 0.6) is 0 Å². The van der Waals surface area contributed by atoms with Crippen LogP contribution in [-0.4, -0.2) is 44.4 Å². The van der Waals surface area contributed by atoms with Crippen LogP contribution in [0.1, 0.15) is 6.92 Å². The summed E-state index contributed by atoms with van der Waals surface area (Å²) in [6, 6.07) is 0. The molecular formula is C8H11FO6. The fourth-order valence-electron chi connectivity index (χ4n) is 0.562. The molecule has 0 amide bonds. The Morgan fingerprint density at radius 2 is 1.40 bits per heavy atom. The lowest BCUT2D eigenvalue weighted by molar-refractivity contribution is -0.164. The van der Waals surface area contributed by atoms with Crippen molar-refractivity contribution >= 4 is 17.9 Å². The van der Waals surface area contributed by atoms with Crippen LogP contribution in [-0.2, 0) is 28.6 Å². The van der Waals surface area contributed by atoms with Gasteiger partial charge in [0, 0.05) is 0 Å². The number of carbonyl (C=O) groups is 3. The van der Waals surface area contributed by atoms with Crippen molar-refractivity contribution in [2.75, 3.05) is 26.5 Å². The van der Waals surface area contributed by atoms with Crippen molar-refractivity contribution in [2.45, 2.75) is 6.92 Å². The highest BCUT2D eigenvalue weighted by atomic mass is 19.1. The van der Waals surface area contributed by atoms with Crippen molar-refractivity contribution in [3.63, 3.8) is 0 Å². The highest BCUT2D eigenvalue weighted by molar-refractivity contribution is 5.79. The molecule has 0 heterocycles. The molecule has 0 saturated carbocycles. The third-order valence-corrected chi connectivity index (χ3v) is 1.12. The Hall–Kier alpha value is -1.66. The number of rotatable bonds is 6. The number of ether oxygens (including phenoxy) is 3. The Labute approximate surface area is 85.3 Å². The van der Waals surface area contributed by atoms with Crippen LogP contribution in [0, 0.1) is 0 Å². The topological polar surface area (TPSA) is 78.9 Å². The van der Waals surface area contributed by atoms with E-state index in [9.17, 15) is 18.8 Å². The van der Waals surface area contributed by atoms with E-state index < -0.39 is 37.8 Å². The van der Waals surface area contributed by atoms with Crippen LogP contribution in [0.3, 0.4) is 0 Å². The normalized spacial score (nSPS) is 9.20. The highest BCUT2D eigenvalue weighted by Gasteiger charge is 2.10. The van der Waals surface area contributed by atoms with Gasteiger partial charge < -0.3 is 14.2 Å². The second-order valence-electron chi connectivity index (χ2n) is 2.26. The average Bonchev–Trinajstić information content (AvgIpc) is 2.23. The molecule has 0 aliphatic rings. The van der Waals surface area contributed by atoms with Gasteiger partial charge in [-0.15, -0.1) is 0 Å². The van der Waals surface area contributed by atoms with E-state index in [4.69, 9.17) is 0 Å². The molecule has 0 aromatic carbocycles. The molecule has 0 aliphatic heterocycles. The maximum absolute atomic E-state index is 11.6. The Balaban J connectivity index is 3.57. The van der Waals surface area contributed by atoms with Crippen LogP contribution in [0.25, 0.3) is 0 Å². The molecule has 6 nitrogen and oxygen atoms in total. The van der Waals surface area contributed by atoms with Gasteiger partial charge in [0.25, 0.3) is 0 Å². The van der Waals surface area contributed by atoms with Crippen LogP contribution < -0.4 is 0 Å². The van der Waals surface area contributed by atoms with Gasteiger partial charge in [-0.2, -0.15) is 0 Å². The molecule has 0 aromatic heterocycles. The van der Waals surface area contributed by atoms with Gasteiger partial charge in [-0.25, -0.2) is 18.8 Å². The second-order valence-corrected chi connectivity index (χ2v) is 2.26. The van der Waals surface area contributed by atoms with Gasteiger partial charge >= 0.3 is 17.9 Å². The standard InChI is InChI=1S/C8H11FO6/c1-2-13-7(11)4-15-8(12)5-14-6(10)3-9/h2-5H2,1H3. The molecule has 0 N–H and O–H groups in total. The van der Waals surface area contributed by atoms with E-state index in [0.29, 0.717) is 0 Å². The summed E-state index contributed by atoms with van der Waals surface area (Å²) in [7, 11) is 0. The quantitative estimate of drug-likeness (QED) is 0.449. The van der Waals surface area contributed by atoms with Crippen molar-refractivity contribution in [3.05, 3.63) is 0 Å². The van der Waals surface area contributed by atoms with Gasteiger partial charge in [-0.3, -0.25) is 0 Å². The predicted molar refractivity (Wildman–Crippen MR) is 44.5 cm³/mol. The SMILES string of the molecule is CCOC(=O)COC(=O)COC(=O)CF. The van der Waals surface area contributed by atoms with Crippen molar-refractivity contribution in [3.8, 4) is 0 Å². The smallest absolute Gasteiger partial charge is 0.344 e. The molecule has 15 heavy (non-hydrogen) atoms. The van der Waals surface area contributed by atoms with Gasteiger partial charge in [-0.1, -0.05) is 0 Å². The minimum atomic E-state index is -1.31. The second kappa shape index (κ2) is 7.72. The molecule has 0 spiro atoms. The summed E-state index contributed by atoms with van der Waals surface area (Å²) in [4.78, 5) is 31.7. The van der Waals surface area contributed by atoms with E-state index in [1.165, 1.54) is 0 Å². The number of carbonyl (C=O) groups excluding carboxylic acids is 3. The van der Waals surface area contributed by atoms with Crippen LogP contribution in [0.15, 0.2) is 0 Å². The first-order valence-corrected chi connectivity index (χ1v) is 4.13. The molecule has 0 aliphatic carbocycles. The van der Waals surface area contributed by atoms with Crippen molar-refractivity contribution in [1.29, 1.82) is 0 Å². The first-order chi connectivity index (χ1) is 7.10. The Bertz CT molecular complexity index is 239. The van der Waals surface area contributed by atoms with Gasteiger partial charge in [0.15, 0.2) is 19.9 Å². The Morgan fingerprint density at radius 3 is 1.87 bits per heavy atom. The molecule has 0 aromatic rings. The molecular weight excluding hydrogens is 211 g/mol. The van der Waals surface area contributed by atoms with Crippen LogP contribution in [0.2, 0.25) is 0 Å². The molecule has 0 saturated heterocycles. The van der Waals surface area contributed by atoms with Gasteiger partial charge in [0.1, 0.15) is 0 Å². The first kappa shape index (κ1) is 13.3. The summed E-state index contributed by atoms with van der Waals surface area (Å²) in [6.07, 6.45) is 0. The zero-order chi connectivity index (χ0) is 11.7. The van der Waals surface area contributed by atoms with E-state index in [0.717, 1.165) is 0 Å². The van der Waals surface area contributed by atoms with Crippen molar-refractivity contribution < 1.29 is 33.0 Å². The number of esters is 3. The zero-order valence-electron chi connectivity index (χ0n) is 8.16. The molecule has 0 rings (SSSR count). The van der Waals surface area contributed by atoms with Crippen LogP contribution in [0.4, 0.5) is 4.39 Å². The summed E-state index contributed by atoms with van der Waals surface area (Å²) >= 11 is 0. The average molecular weight is 222 g/mol. The van der Waals surface area contributed by atoms with E-state index >= 15 is 0 Å². The Kier molecular flexibility index (Phi) is 6.86. The Morgan fingerprint density at radius 1 is 0.933 bits per heavy atom. The molecule has 7 heteroatoms. The maximum atomic E-state index is 11.6. The summed E-state index contributed by atoms with van der Waals surface area (Å²) in [5, 5.41) is 0. The predicted octanol–water partition coefficient (Wildman–Crippen LogP) is -0.395. The highest BCUT2D eigenvalue weighted by Crippen LogP contribution is 1.86. The van der Waals surface area contributed by atoms with Crippen LogP contribution >= 0.6 is 0 Å². The lowest BCUT2D eigenvalue weighted by Crippen LogP contribution is -2.21. The molecule has 0 unspecified atom stereocenters. The number of hydrogen-bond acceptors (Lipinski definition) is 6. The number of hydrogen-bond donors (Lipinski definition) is 0. The molecule has 0 bridgehead atoms. The van der Waals surface area contributed by atoms with E-state index in [1.807, 2.05) is 0 Å². The zero-order valence-corrected chi connectivity index (χ0v) is 8.16. The van der Waals surface area contributed by atoms with Crippen molar-refractivity contribution in [1.82, 2.24) is 0 Å². The van der Waals surface area contributed by atoms with Gasteiger partial charge in [-0.05, 0) is 6.92 Å². The summed E-state index contributed by atoms with van der Waals surface area (Å²) < 4.78 is 24.4. The van der Waals surface area contributed by atoms with E-state index in [2.05, 4.69) is 14.2 Å². The molecule has 0 fully saturated rings. The lowest BCUT2D eigenvalue weighted by atomic mass is 10.6. The molecule has 0 radical (unpaired) electrons. The summed E-state index contributed by atoms with van der Waals surface area (Å²) in [6.45, 7) is -0.816. The minimum Gasteiger partial charge on any atom is -0.463 e. The fourth-order valence-corrected chi connectivity index (χ4v) is 0.562. The van der Waals surface area contributed by atoms with Gasteiger partial charge in [0.05, 0.1) is 6.61 Å². The third kappa shape index (κ3) is 7.41. The largest absolute Gasteiger partial charge is 0.463 e. The fraction of sp³-hybridized carbons (Fsp3) is 0.625. The summed E-state index contributed by atoms with van der Waals surface area (Å²) in [5.41, 5.74) is 0. The number of alkyl halides is 1. The monoisotopic (exact) mass is 222 g/mol. The van der Waals surface area contributed by atoms with E-state index in [1.54, 1.807) is 6.92 Å². The van der Waals surface area contributed by atoms with Crippen molar-refractivity contribution in [2.24, 2.45) is 0 Å². The van der Waals surface area contributed by atoms with Gasteiger partial charge in [0.2, 0.25) is 0 Å². The summed E-state index contributed by atoms with van der Waals surface area (Å²) in [5.74, 6) is -2.81. The number of halogens is 1. The molecule has 0 atom stereocenters. The first-order valence-electron chi connectivity index (χ1n) is 4.13. The molecule has 86 valence electrons. The minimum absolute atomic E-state index is 0.174.